The van der Waals surface area contributed by atoms with Gasteiger partial charge in [-0.1, -0.05) is 73.6 Å². The summed E-state index contributed by atoms with van der Waals surface area (Å²) < 4.78 is 0. The Labute approximate surface area is 104 Å². The standard InChI is InChI=1S/C16H34/c1-7-10-11-15(12-14(6)8-2)16(9-3)13(4)5/h13-16H,7-12H2,1-6H3. The highest BCUT2D eigenvalue weighted by Crippen LogP contribution is 2.33. The molecular weight excluding hydrogens is 192 g/mol. The van der Waals surface area contributed by atoms with E-state index in [0.717, 1.165) is 23.7 Å². The van der Waals surface area contributed by atoms with Gasteiger partial charge < -0.3 is 0 Å². The van der Waals surface area contributed by atoms with E-state index in [1.54, 1.807) is 0 Å². The molecule has 0 N–H and O–H groups in total. The molecule has 0 nitrogen and oxygen atoms in total. The van der Waals surface area contributed by atoms with Crippen LogP contribution in [0.2, 0.25) is 0 Å². The maximum absolute atomic E-state index is 2.42. The zero-order valence-electron chi connectivity index (χ0n) is 12.6. The van der Waals surface area contributed by atoms with Crippen LogP contribution in [0.25, 0.3) is 0 Å². The molecule has 0 heterocycles. The van der Waals surface area contributed by atoms with Gasteiger partial charge in [-0.3, -0.25) is 0 Å². The first-order chi connectivity index (χ1) is 7.56. The Hall–Kier alpha value is 0. The van der Waals surface area contributed by atoms with Crippen molar-refractivity contribution in [3.8, 4) is 0 Å². The summed E-state index contributed by atoms with van der Waals surface area (Å²) in [6, 6.07) is 0. The first kappa shape index (κ1) is 16.0. The summed E-state index contributed by atoms with van der Waals surface area (Å²) in [5.41, 5.74) is 0. The van der Waals surface area contributed by atoms with E-state index in [0.29, 0.717) is 0 Å². The van der Waals surface area contributed by atoms with Crippen LogP contribution in [0.4, 0.5) is 0 Å². The van der Waals surface area contributed by atoms with Crippen molar-refractivity contribution in [2.75, 3.05) is 0 Å². The Balaban J connectivity index is 4.36. The van der Waals surface area contributed by atoms with Crippen molar-refractivity contribution in [3.05, 3.63) is 0 Å². The van der Waals surface area contributed by atoms with Crippen molar-refractivity contribution < 1.29 is 0 Å². The number of rotatable bonds is 9. The summed E-state index contributed by atoms with van der Waals surface area (Å²) in [5, 5.41) is 0. The lowest BCUT2D eigenvalue weighted by Gasteiger charge is -2.31. The average Bonchev–Trinajstić information content (AvgIpc) is 2.25. The summed E-state index contributed by atoms with van der Waals surface area (Å²) in [7, 11) is 0. The molecule has 0 aliphatic carbocycles. The van der Waals surface area contributed by atoms with Crippen LogP contribution < -0.4 is 0 Å². The molecule has 0 aliphatic rings. The normalized spacial score (nSPS) is 17.4. The van der Waals surface area contributed by atoms with Gasteiger partial charge in [0.05, 0.1) is 0 Å². The van der Waals surface area contributed by atoms with E-state index in [4.69, 9.17) is 0 Å². The highest BCUT2D eigenvalue weighted by atomic mass is 14.3. The second kappa shape index (κ2) is 9.07. The van der Waals surface area contributed by atoms with Crippen molar-refractivity contribution in [2.45, 2.75) is 80.1 Å². The van der Waals surface area contributed by atoms with Crippen LogP contribution >= 0.6 is 0 Å². The number of hydrogen-bond acceptors (Lipinski definition) is 0. The lowest BCUT2D eigenvalue weighted by Crippen LogP contribution is -2.21. The van der Waals surface area contributed by atoms with Crippen molar-refractivity contribution in [1.82, 2.24) is 0 Å². The van der Waals surface area contributed by atoms with Gasteiger partial charge >= 0.3 is 0 Å². The van der Waals surface area contributed by atoms with E-state index in [1.807, 2.05) is 0 Å². The molecular formula is C16H34. The van der Waals surface area contributed by atoms with E-state index in [2.05, 4.69) is 41.5 Å². The summed E-state index contributed by atoms with van der Waals surface area (Å²) in [4.78, 5) is 0. The van der Waals surface area contributed by atoms with Crippen LogP contribution in [-0.4, -0.2) is 0 Å². The minimum atomic E-state index is 0.857. The fourth-order valence-electron chi connectivity index (χ4n) is 3.01. The summed E-state index contributed by atoms with van der Waals surface area (Å²) in [6.45, 7) is 14.3. The molecule has 0 rings (SSSR count). The second-order valence-electron chi connectivity index (χ2n) is 5.97. The van der Waals surface area contributed by atoms with Crippen LogP contribution in [0.5, 0.6) is 0 Å². The van der Waals surface area contributed by atoms with Crippen molar-refractivity contribution >= 4 is 0 Å². The van der Waals surface area contributed by atoms with E-state index in [1.165, 1.54) is 38.5 Å². The van der Waals surface area contributed by atoms with Gasteiger partial charge in [-0.2, -0.15) is 0 Å². The van der Waals surface area contributed by atoms with Crippen LogP contribution in [0, 0.1) is 23.7 Å². The first-order valence-electron chi connectivity index (χ1n) is 7.56. The predicted octanol–water partition coefficient (Wildman–Crippen LogP) is 5.91. The Morgan fingerprint density at radius 1 is 0.875 bits per heavy atom. The van der Waals surface area contributed by atoms with Gasteiger partial charge in [-0.05, 0) is 30.1 Å². The fourth-order valence-corrected chi connectivity index (χ4v) is 3.01. The third kappa shape index (κ3) is 5.92. The van der Waals surface area contributed by atoms with Gasteiger partial charge in [0.2, 0.25) is 0 Å². The van der Waals surface area contributed by atoms with Gasteiger partial charge in [-0.25, -0.2) is 0 Å². The number of unbranched alkanes of at least 4 members (excludes halogenated alkanes) is 1. The van der Waals surface area contributed by atoms with Crippen molar-refractivity contribution in [3.63, 3.8) is 0 Å². The molecule has 0 heteroatoms. The molecule has 0 saturated carbocycles. The summed E-state index contributed by atoms with van der Waals surface area (Å²) >= 11 is 0. The lowest BCUT2D eigenvalue weighted by atomic mass is 9.74. The molecule has 0 aromatic carbocycles. The molecule has 0 fully saturated rings. The first-order valence-corrected chi connectivity index (χ1v) is 7.56. The molecule has 3 atom stereocenters. The summed E-state index contributed by atoms with van der Waals surface area (Å²) in [5.74, 6) is 3.69. The quantitative estimate of drug-likeness (QED) is 0.458. The van der Waals surface area contributed by atoms with E-state index in [9.17, 15) is 0 Å². The molecule has 0 bridgehead atoms. The predicted molar refractivity (Wildman–Crippen MR) is 75.7 cm³/mol. The minimum Gasteiger partial charge on any atom is -0.0654 e. The number of hydrogen-bond donors (Lipinski definition) is 0. The van der Waals surface area contributed by atoms with Crippen LogP contribution in [0.3, 0.4) is 0 Å². The SMILES string of the molecule is CCCCC(CC(C)CC)C(CC)C(C)C. The Kier molecular flexibility index (Phi) is 9.07. The van der Waals surface area contributed by atoms with Crippen LogP contribution in [-0.2, 0) is 0 Å². The summed E-state index contributed by atoms with van der Waals surface area (Å²) in [6.07, 6.45) is 8.39. The Bertz CT molecular complexity index is 148. The van der Waals surface area contributed by atoms with Crippen molar-refractivity contribution in [2.24, 2.45) is 23.7 Å². The van der Waals surface area contributed by atoms with Crippen LogP contribution in [0.15, 0.2) is 0 Å². The smallest absolute Gasteiger partial charge is 0.0365 e. The second-order valence-corrected chi connectivity index (χ2v) is 5.97. The third-order valence-electron chi connectivity index (χ3n) is 4.26. The fraction of sp³-hybridized carbons (Fsp3) is 1.00. The average molecular weight is 226 g/mol. The highest BCUT2D eigenvalue weighted by Gasteiger charge is 2.23. The zero-order chi connectivity index (χ0) is 12.6. The van der Waals surface area contributed by atoms with E-state index < -0.39 is 0 Å². The molecule has 98 valence electrons. The van der Waals surface area contributed by atoms with Gasteiger partial charge in [0.1, 0.15) is 0 Å². The molecule has 0 aliphatic heterocycles. The topological polar surface area (TPSA) is 0 Å². The van der Waals surface area contributed by atoms with Gasteiger partial charge in [-0.15, -0.1) is 0 Å². The molecule has 0 saturated heterocycles. The lowest BCUT2D eigenvalue weighted by molar-refractivity contribution is 0.192. The van der Waals surface area contributed by atoms with E-state index >= 15 is 0 Å². The maximum atomic E-state index is 2.42. The Morgan fingerprint density at radius 3 is 1.88 bits per heavy atom. The molecule has 0 aromatic rings. The van der Waals surface area contributed by atoms with E-state index in [-0.39, 0.29) is 0 Å². The zero-order valence-corrected chi connectivity index (χ0v) is 12.6. The van der Waals surface area contributed by atoms with Gasteiger partial charge in [0.25, 0.3) is 0 Å². The molecule has 0 amide bonds. The molecule has 3 unspecified atom stereocenters. The monoisotopic (exact) mass is 226 g/mol. The third-order valence-corrected chi connectivity index (χ3v) is 4.26. The van der Waals surface area contributed by atoms with Crippen LogP contribution in [0.1, 0.15) is 80.1 Å². The van der Waals surface area contributed by atoms with Crippen molar-refractivity contribution in [1.29, 1.82) is 0 Å². The van der Waals surface area contributed by atoms with Gasteiger partial charge in [0.15, 0.2) is 0 Å². The maximum Gasteiger partial charge on any atom is -0.0365 e. The molecule has 0 spiro atoms. The molecule has 0 radical (unpaired) electrons. The Morgan fingerprint density at radius 2 is 1.50 bits per heavy atom. The minimum absolute atomic E-state index is 0.857. The molecule has 0 aromatic heterocycles. The van der Waals surface area contributed by atoms with Gasteiger partial charge in [0, 0.05) is 0 Å². The molecule has 16 heavy (non-hydrogen) atoms. The highest BCUT2D eigenvalue weighted by molar-refractivity contribution is 4.74. The largest absolute Gasteiger partial charge is 0.0654 e.